The van der Waals surface area contributed by atoms with E-state index in [2.05, 4.69) is 14.7 Å². The highest BCUT2D eigenvalue weighted by atomic mass is 35.5. The number of rotatable bonds is 7. The maximum atomic E-state index is 13.3. The van der Waals surface area contributed by atoms with E-state index < -0.39 is 10.0 Å². The molecule has 0 aliphatic rings. The Morgan fingerprint density at radius 1 is 0.925 bits per heavy atom. The lowest BCUT2D eigenvalue weighted by atomic mass is 10.1. The van der Waals surface area contributed by atoms with Crippen molar-refractivity contribution in [2.45, 2.75) is 11.4 Å². The van der Waals surface area contributed by atoms with E-state index in [4.69, 9.17) is 33.9 Å². The lowest BCUT2D eigenvalue weighted by Gasteiger charge is -2.15. The van der Waals surface area contributed by atoms with Crippen LogP contribution in [0.5, 0.6) is 0 Å². The molecule has 0 bridgehead atoms. The molecule has 0 saturated carbocycles. The van der Waals surface area contributed by atoms with Crippen molar-refractivity contribution in [2.75, 3.05) is 10.5 Å². The van der Waals surface area contributed by atoms with Crippen molar-refractivity contribution in [1.29, 1.82) is 0 Å². The third-order valence-corrected chi connectivity index (χ3v) is 9.40. The van der Waals surface area contributed by atoms with Gasteiger partial charge in [0, 0.05) is 10.6 Å². The number of hydrogen-bond acceptors (Lipinski definition) is 7. The first kappa shape index (κ1) is 26.3. The van der Waals surface area contributed by atoms with Crippen molar-refractivity contribution in [3.63, 3.8) is 0 Å². The van der Waals surface area contributed by atoms with E-state index in [9.17, 15) is 8.42 Å². The predicted molar refractivity (Wildman–Crippen MR) is 161 cm³/mol. The molecule has 3 aromatic carbocycles. The summed E-state index contributed by atoms with van der Waals surface area (Å²) < 4.78 is 31.2. The molecule has 0 aliphatic carbocycles. The first-order chi connectivity index (χ1) is 19.3. The van der Waals surface area contributed by atoms with E-state index in [1.54, 1.807) is 18.5 Å². The molecule has 0 radical (unpaired) electrons. The standard InChI is InChI=1S/C28H20Cl2N6O2S2/c29-19-10-11-24(21(30)12-19)40(37,38)35-22-9-5-4-8-18(22)14-36-16-34-25(17-6-2-1-3-7-17)26(36)23-13-20-27(31)32-15-33-28(20)39-23/h1-13,15-16,35H,14H2,(H2,31,32,33). The smallest absolute Gasteiger partial charge is 0.263 e. The van der Waals surface area contributed by atoms with Crippen LogP contribution < -0.4 is 10.5 Å². The molecule has 3 N–H and O–H groups in total. The number of nitrogens with one attached hydrogen (secondary N) is 1. The summed E-state index contributed by atoms with van der Waals surface area (Å²) in [6, 6.07) is 23.3. The number of hydrogen-bond donors (Lipinski definition) is 2. The van der Waals surface area contributed by atoms with Gasteiger partial charge in [0.25, 0.3) is 10.0 Å². The zero-order valence-electron chi connectivity index (χ0n) is 20.6. The molecule has 0 unspecified atom stereocenters. The molecule has 0 aliphatic heterocycles. The van der Waals surface area contributed by atoms with Gasteiger partial charge in [0.15, 0.2) is 0 Å². The monoisotopic (exact) mass is 606 g/mol. The number of anilines is 2. The number of sulfonamides is 1. The number of aromatic nitrogens is 4. The number of benzene rings is 3. The summed E-state index contributed by atoms with van der Waals surface area (Å²) >= 11 is 13.7. The Hall–Kier alpha value is -3.96. The quantitative estimate of drug-likeness (QED) is 0.203. The Kier molecular flexibility index (Phi) is 6.93. The topological polar surface area (TPSA) is 116 Å². The summed E-state index contributed by atoms with van der Waals surface area (Å²) in [4.78, 5) is 14.9. The molecule has 6 aromatic rings. The summed E-state index contributed by atoms with van der Waals surface area (Å²) in [5.41, 5.74) is 9.86. The Morgan fingerprint density at radius 2 is 1.70 bits per heavy atom. The Morgan fingerprint density at radius 3 is 2.48 bits per heavy atom. The van der Waals surface area contributed by atoms with Gasteiger partial charge in [-0.05, 0) is 35.9 Å². The molecule has 200 valence electrons. The number of fused-ring (bicyclic) bond motifs is 1. The molecule has 6 rings (SSSR count). The van der Waals surface area contributed by atoms with E-state index in [0.29, 0.717) is 23.1 Å². The van der Waals surface area contributed by atoms with E-state index in [1.165, 1.54) is 35.9 Å². The van der Waals surface area contributed by atoms with Gasteiger partial charge in [-0.3, -0.25) is 4.72 Å². The van der Waals surface area contributed by atoms with Gasteiger partial charge in [-0.25, -0.2) is 23.4 Å². The highest BCUT2D eigenvalue weighted by Gasteiger charge is 2.22. The van der Waals surface area contributed by atoms with Crippen molar-refractivity contribution in [3.8, 4) is 21.8 Å². The number of nitrogen functional groups attached to an aromatic ring is 1. The van der Waals surface area contributed by atoms with Crippen molar-refractivity contribution in [3.05, 3.63) is 107 Å². The minimum atomic E-state index is -3.99. The lowest BCUT2D eigenvalue weighted by Crippen LogP contribution is -2.15. The summed E-state index contributed by atoms with van der Waals surface area (Å²) in [6.07, 6.45) is 3.20. The normalized spacial score (nSPS) is 11.7. The van der Waals surface area contributed by atoms with Gasteiger partial charge in [0.1, 0.15) is 21.9 Å². The van der Waals surface area contributed by atoms with Crippen LogP contribution in [0.25, 0.3) is 32.0 Å². The van der Waals surface area contributed by atoms with Crippen molar-refractivity contribution in [2.24, 2.45) is 0 Å². The Bertz CT molecular complexity index is 1970. The van der Waals surface area contributed by atoms with E-state index in [1.807, 2.05) is 53.1 Å². The lowest BCUT2D eigenvalue weighted by molar-refractivity contribution is 0.601. The second kappa shape index (κ2) is 10.5. The van der Waals surface area contributed by atoms with Crippen molar-refractivity contribution in [1.82, 2.24) is 19.5 Å². The second-order valence-corrected chi connectivity index (χ2v) is 12.4. The highest BCUT2D eigenvalue weighted by molar-refractivity contribution is 7.92. The third kappa shape index (κ3) is 5.02. The molecule has 0 atom stereocenters. The van der Waals surface area contributed by atoms with Crippen LogP contribution in [-0.2, 0) is 16.6 Å². The van der Waals surface area contributed by atoms with Gasteiger partial charge in [0.05, 0.1) is 45.2 Å². The van der Waals surface area contributed by atoms with Gasteiger partial charge in [0.2, 0.25) is 0 Å². The van der Waals surface area contributed by atoms with Crippen LogP contribution in [0.3, 0.4) is 0 Å². The number of imidazole rings is 1. The summed E-state index contributed by atoms with van der Waals surface area (Å²) in [5, 5.41) is 1.15. The summed E-state index contributed by atoms with van der Waals surface area (Å²) in [7, 11) is -3.99. The minimum Gasteiger partial charge on any atom is -0.383 e. The molecule has 0 amide bonds. The predicted octanol–water partition coefficient (Wildman–Crippen LogP) is 6.96. The third-order valence-electron chi connectivity index (χ3n) is 6.26. The van der Waals surface area contributed by atoms with Crippen molar-refractivity contribution < 1.29 is 8.42 Å². The van der Waals surface area contributed by atoms with E-state index in [-0.39, 0.29) is 9.92 Å². The summed E-state index contributed by atoms with van der Waals surface area (Å²) in [5.74, 6) is 0.403. The van der Waals surface area contributed by atoms with Gasteiger partial charge in [-0.15, -0.1) is 11.3 Å². The molecule has 0 fully saturated rings. The van der Waals surface area contributed by atoms with E-state index in [0.717, 1.165) is 37.6 Å². The fourth-order valence-corrected chi connectivity index (χ4v) is 7.34. The number of nitrogens with two attached hydrogens (primary N) is 1. The SMILES string of the molecule is Nc1ncnc2sc(-c3c(-c4ccccc4)ncn3Cc3ccccc3NS(=O)(=O)c3ccc(Cl)cc3Cl)cc12. The molecule has 40 heavy (non-hydrogen) atoms. The molecular weight excluding hydrogens is 587 g/mol. The first-order valence-corrected chi connectivity index (χ1v) is 15.0. The van der Waals surface area contributed by atoms with Gasteiger partial charge < -0.3 is 10.3 Å². The van der Waals surface area contributed by atoms with Crippen LogP contribution >= 0.6 is 34.5 Å². The van der Waals surface area contributed by atoms with Crippen LogP contribution in [0.4, 0.5) is 11.5 Å². The van der Waals surface area contributed by atoms with Gasteiger partial charge >= 0.3 is 0 Å². The zero-order chi connectivity index (χ0) is 27.9. The number of para-hydroxylation sites is 1. The molecule has 8 nitrogen and oxygen atoms in total. The van der Waals surface area contributed by atoms with Crippen LogP contribution in [0.1, 0.15) is 5.56 Å². The molecule has 0 spiro atoms. The van der Waals surface area contributed by atoms with Gasteiger partial charge in [-0.2, -0.15) is 0 Å². The zero-order valence-corrected chi connectivity index (χ0v) is 23.8. The minimum absolute atomic E-state index is 0.0361. The largest absolute Gasteiger partial charge is 0.383 e. The van der Waals surface area contributed by atoms with Crippen LogP contribution in [-0.4, -0.2) is 27.9 Å². The average molecular weight is 608 g/mol. The molecule has 3 aromatic heterocycles. The van der Waals surface area contributed by atoms with Crippen LogP contribution in [0, 0.1) is 0 Å². The van der Waals surface area contributed by atoms with E-state index >= 15 is 0 Å². The molecule has 3 heterocycles. The molecule has 12 heteroatoms. The van der Waals surface area contributed by atoms with Crippen LogP contribution in [0.15, 0.2) is 96.4 Å². The van der Waals surface area contributed by atoms with Gasteiger partial charge in [-0.1, -0.05) is 71.7 Å². The first-order valence-electron chi connectivity index (χ1n) is 12.0. The maximum Gasteiger partial charge on any atom is 0.263 e. The maximum absolute atomic E-state index is 13.3. The Labute approximate surface area is 244 Å². The highest BCUT2D eigenvalue weighted by Crippen LogP contribution is 2.39. The second-order valence-electron chi connectivity index (χ2n) is 8.86. The number of halogens is 2. The Balaban J connectivity index is 1.43. The average Bonchev–Trinajstić information content (AvgIpc) is 3.55. The van der Waals surface area contributed by atoms with Crippen LogP contribution in [0.2, 0.25) is 10.0 Å². The number of nitrogens with zero attached hydrogens (tertiary/aromatic N) is 4. The number of thiophene rings is 1. The fourth-order valence-electron chi connectivity index (χ4n) is 4.39. The molecule has 0 saturated heterocycles. The molecular formula is C28H20Cl2N6O2S2. The van der Waals surface area contributed by atoms with Crippen molar-refractivity contribution >= 4 is 66.3 Å². The summed E-state index contributed by atoms with van der Waals surface area (Å²) in [6.45, 7) is 0.331. The fraction of sp³-hybridized carbons (Fsp3) is 0.0357.